The molecule has 0 amide bonds. The van der Waals surface area contributed by atoms with E-state index in [1.54, 1.807) is 18.2 Å². The molecule has 0 aliphatic rings. The molecule has 0 fully saturated rings. The molecule has 0 radical (unpaired) electrons. The van der Waals surface area contributed by atoms with E-state index in [-0.39, 0.29) is 0 Å². The molecule has 0 saturated carbocycles. The first-order valence-corrected chi connectivity index (χ1v) is 6.90. The molecule has 2 rings (SSSR count). The number of hydrogen-bond acceptors (Lipinski definition) is 3. The number of nitrogens with one attached hydrogen (secondary N) is 1. The Morgan fingerprint density at radius 1 is 1.26 bits per heavy atom. The summed E-state index contributed by atoms with van der Waals surface area (Å²) in [6.07, 6.45) is 0. The Labute approximate surface area is 126 Å². The molecule has 1 heterocycles. The largest absolute Gasteiger partial charge is 0.374 e. The number of H-pyrrole nitrogens is 1. The summed E-state index contributed by atoms with van der Waals surface area (Å²) in [6.45, 7) is 2.95. The maximum absolute atomic E-state index is 6.01. The van der Waals surface area contributed by atoms with Gasteiger partial charge >= 0.3 is 0 Å². The van der Waals surface area contributed by atoms with Gasteiger partial charge in [-0.15, -0.1) is 0 Å². The molecule has 0 atom stereocenters. The average Bonchev–Trinajstić information content (AvgIpc) is 2.39. The highest BCUT2D eigenvalue weighted by atomic mass is 35.5. The third kappa shape index (κ3) is 3.76. The molecule has 1 aromatic heterocycles. The van der Waals surface area contributed by atoms with Gasteiger partial charge in [0.25, 0.3) is 0 Å². The van der Waals surface area contributed by atoms with Crippen LogP contribution in [0.2, 0.25) is 10.0 Å². The molecule has 1 aromatic carbocycles. The van der Waals surface area contributed by atoms with Crippen molar-refractivity contribution >= 4 is 35.4 Å². The summed E-state index contributed by atoms with van der Waals surface area (Å²) in [5, 5.41) is 1.02. The van der Waals surface area contributed by atoms with Gasteiger partial charge in [0.2, 0.25) is 0 Å². The summed E-state index contributed by atoms with van der Waals surface area (Å²) >= 11 is 17.1. The molecule has 1 N–H and O–H groups in total. The lowest BCUT2D eigenvalue weighted by Crippen LogP contribution is -2.00. The third-order valence-corrected chi connectivity index (χ3v) is 3.41. The molecule has 0 aliphatic carbocycles. The number of aromatic nitrogens is 2. The predicted molar refractivity (Wildman–Crippen MR) is 80.2 cm³/mol. The maximum atomic E-state index is 6.01. The number of hydrogen-bond donors (Lipinski definition) is 1. The summed E-state index contributed by atoms with van der Waals surface area (Å²) in [5.41, 5.74) is 1.74. The van der Waals surface area contributed by atoms with Crippen LogP contribution >= 0.6 is 35.4 Å². The van der Waals surface area contributed by atoms with Gasteiger partial charge in [0.15, 0.2) is 0 Å². The third-order valence-electron chi connectivity index (χ3n) is 2.47. The average molecular weight is 315 g/mol. The van der Waals surface area contributed by atoms with Crippen LogP contribution in [0.4, 0.5) is 0 Å². The zero-order valence-corrected chi connectivity index (χ0v) is 12.6. The van der Waals surface area contributed by atoms with Crippen molar-refractivity contribution in [3.8, 4) is 11.3 Å². The van der Waals surface area contributed by atoms with Gasteiger partial charge in [0.05, 0.1) is 10.0 Å². The monoisotopic (exact) mass is 314 g/mol. The Bertz CT molecular complexity index is 643. The van der Waals surface area contributed by atoms with E-state index >= 15 is 0 Å². The number of nitrogens with zero attached hydrogens (tertiary/aromatic N) is 1. The second-order valence-electron chi connectivity index (χ2n) is 3.85. The van der Waals surface area contributed by atoms with E-state index in [1.165, 1.54) is 0 Å². The number of benzene rings is 1. The van der Waals surface area contributed by atoms with Gasteiger partial charge in [-0.3, -0.25) is 0 Å². The van der Waals surface area contributed by atoms with E-state index in [0.717, 1.165) is 11.3 Å². The minimum Gasteiger partial charge on any atom is -0.374 e. The van der Waals surface area contributed by atoms with Gasteiger partial charge in [-0.1, -0.05) is 41.5 Å². The predicted octanol–water partition coefficient (Wildman–Crippen LogP) is 4.65. The highest BCUT2D eigenvalue weighted by Crippen LogP contribution is 2.27. The lowest BCUT2D eigenvalue weighted by molar-refractivity contribution is 0.128. The Morgan fingerprint density at radius 2 is 2.05 bits per heavy atom. The fourth-order valence-electron chi connectivity index (χ4n) is 1.59. The molecule has 0 unspecified atom stereocenters. The summed E-state index contributed by atoms with van der Waals surface area (Å²) in [5.74, 6) is 0.690. The topological polar surface area (TPSA) is 37.9 Å². The number of rotatable bonds is 4. The van der Waals surface area contributed by atoms with Crippen molar-refractivity contribution < 1.29 is 4.74 Å². The summed E-state index contributed by atoms with van der Waals surface area (Å²) in [6, 6.07) is 7.19. The van der Waals surface area contributed by atoms with Crippen LogP contribution in [0.3, 0.4) is 0 Å². The normalized spacial score (nSPS) is 10.7. The van der Waals surface area contributed by atoms with Crippen molar-refractivity contribution in [3.63, 3.8) is 0 Å². The van der Waals surface area contributed by atoms with Crippen molar-refractivity contribution in [2.75, 3.05) is 6.61 Å². The first kappa shape index (κ1) is 14.5. The molecule has 3 nitrogen and oxygen atoms in total. The molecular weight excluding hydrogens is 303 g/mol. The van der Waals surface area contributed by atoms with Crippen LogP contribution < -0.4 is 0 Å². The molecule has 0 saturated heterocycles. The quantitative estimate of drug-likeness (QED) is 0.835. The van der Waals surface area contributed by atoms with E-state index in [9.17, 15) is 0 Å². The Hall–Kier alpha value is -0.940. The van der Waals surface area contributed by atoms with Crippen molar-refractivity contribution in [1.82, 2.24) is 9.97 Å². The van der Waals surface area contributed by atoms with Crippen LogP contribution in [0.5, 0.6) is 0 Å². The Morgan fingerprint density at radius 3 is 2.74 bits per heavy atom. The van der Waals surface area contributed by atoms with Crippen LogP contribution in [0.15, 0.2) is 24.3 Å². The lowest BCUT2D eigenvalue weighted by Gasteiger charge is -2.07. The molecule has 100 valence electrons. The minimum atomic E-state index is 0.398. The molecule has 0 bridgehead atoms. The van der Waals surface area contributed by atoms with Gasteiger partial charge in [0.1, 0.15) is 17.1 Å². The second-order valence-corrected chi connectivity index (χ2v) is 5.08. The first-order chi connectivity index (χ1) is 9.10. The first-order valence-electron chi connectivity index (χ1n) is 5.73. The molecule has 0 spiro atoms. The van der Waals surface area contributed by atoms with E-state index in [4.69, 9.17) is 40.2 Å². The fourth-order valence-corrected chi connectivity index (χ4v) is 2.12. The molecule has 0 aliphatic heterocycles. The van der Waals surface area contributed by atoms with E-state index in [1.807, 2.05) is 13.0 Å². The lowest BCUT2D eigenvalue weighted by atomic mass is 10.1. The van der Waals surface area contributed by atoms with Crippen molar-refractivity contribution in [2.24, 2.45) is 0 Å². The van der Waals surface area contributed by atoms with Gasteiger partial charge in [0, 0.05) is 12.3 Å². The number of ether oxygens (including phenoxy) is 1. The van der Waals surface area contributed by atoms with Crippen LogP contribution in [0.25, 0.3) is 11.3 Å². The number of halogens is 2. The zero-order valence-electron chi connectivity index (χ0n) is 10.2. The summed E-state index contributed by atoms with van der Waals surface area (Å²) in [7, 11) is 0. The highest BCUT2D eigenvalue weighted by molar-refractivity contribution is 7.71. The smallest absolute Gasteiger partial charge is 0.134 e. The minimum absolute atomic E-state index is 0.398. The van der Waals surface area contributed by atoms with Gasteiger partial charge < -0.3 is 9.72 Å². The second kappa shape index (κ2) is 6.48. The van der Waals surface area contributed by atoms with Gasteiger partial charge in [-0.05, 0) is 30.7 Å². The van der Waals surface area contributed by atoms with Crippen LogP contribution in [-0.2, 0) is 11.3 Å². The standard InChI is InChI=1S/C13H12Cl2N2OS/c1-2-18-7-12-16-11(6-13(19)17-12)8-3-4-9(14)10(15)5-8/h3-6H,2,7H2,1H3,(H,16,17,19). The molecule has 2 aromatic rings. The fraction of sp³-hybridized carbons (Fsp3) is 0.231. The Kier molecular flexibility index (Phi) is 4.93. The summed E-state index contributed by atoms with van der Waals surface area (Å²) < 4.78 is 5.83. The Balaban J connectivity index is 2.40. The van der Waals surface area contributed by atoms with Gasteiger partial charge in [-0.2, -0.15) is 0 Å². The van der Waals surface area contributed by atoms with E-state index in [2.05, 4.69) is 9.97 Å². The summed E-state index contributed by atoms with van der Waals surface area (Å²) in [4.78, 5) is 7.39. The van der Waals surface area contributed by atoms with Crippen LogP contribution in [0.1, 0.15) is 12.7 Å². The van der Waals surface area contributed by atoms with Crippen LogP contribution in [-0.4, -0.2) is 16.6 Å². The van der Waals surface area contributed by atoms with E-state index < -0.39 is 0 Å². The van der Waals surface area contributed by atoms with Crippen molar-refractivity contribution in [1.29, 1.82) is 0 Å². The molecule has 19 heavy (non-hydrogen) atoms. The molecule has 6 heteroatoms. The zero-order chi connectivity index (χ0) is 13.8. The molecular formula is C13H12Cl2N2OS. The highest BCUT2D eigenvalue weighted by Gasteiger charge is 2.05. The number of aromatic amines is 1. The SMILES string of the molecule is CCOCc1nc(=S)cc(-c2ccc(Cl)c(Cl)c2)[nH]1. The maximum Gasteiger partial charge on any atom is 0.134 e. The van der Waals surface area contributed by atoms with Gasteiger partial charge in [-0.25, -0.2) is 4.98 Å². The van der Waals surface area contributed by atoms with E-state index in [0.29, 0.717) is 33.7 Å². The van der Waals surface area contributed by atoms with Crippen molar-refractivity contribution in [3.05, 3.63) is 44.8 Å². The van der Waals surface area contributed by atoms with Crippen molar-refractivity contribution in [2.45, 2.75) is 13.5 Å². The van der Waals surface area contributed by atoms with Crippen LogP contribution in [0, 0.1) is 4.64 Å².